The summed E-state index contributed by atoms with van der Waals surface area (Å²) in [5.74, 6) is 1.28. The number of ether oxygens (including phenoxy) is 2. The Labute approximate surface area is 182 Å². The van der Waals surface area contributed by atoms with Crippen LogP contribution < -0.4 is 9.47 Å². The lowest BCUT2D eigenvalue weighted by Gasteiger charge is -2.31. The third-order valence-corrected chi connectivity index (χ3v) is 6.42. The second kappa shape index (κ2) is 7.18. The summed E-state index contributed by atoms with van der Waals surface area (Å²) in [5.41, 5.74) is 3.56. The van der Waals surface area contributed by atoms with Crippen molar-refractivity contribution in [1.82, 2.24) is 14.7 Å². The van der Waals surface area contributed by atoms with Gasteiger partial charge in [-0.25, -0.2) is 4.68 Å². The monoisotopic (exact) mass is 475 g/mol. The van der Waals surface area contributed by atoms with Gasteiger partial charge in [0.05, 0.1) is 23.0 Å². The Bertz CT molecular complexity index is 1080. The Kier molecular flexibility index (Phi) is 4.94. The number of benzene rings is 1. The summed E-state index contributed by atoms with van der Waals surface area (Å²) in [6.07, 6.45) is 0. The van der Waals surface area contributed by atoms with Gasteiger partial charge < -0.3 is 14.4 Å². The van der Waals surface area contributed by atoms with Crippen molar-refractivity contribution in [2.45, 2.75) is 32.9 Å². The fraction of sp³-hybridized carbons (Fsp3) is 0.333. The number of halogens is 1. The molecule has 6 nitrogen and oxygen atoms in total. The van der Waals surface area contributed by atoms with Gasteiger partial charge >= 0.3 is 0 Å². The fourth-order valence-electron chi connectivity index (χ4n) is 3.21. The number of carbonyl (C=O) groups is 1. The highest BCUT2D eigenvalue weighted by Gasteiger charge is 2.34. The molecule has 1 aliphatic rings. The smallest absolute Gasteiger partial charge is 0.274 e. The van der Waals surface area contributed by atoms with Crippen LogP contribution >= 0.6 is 27.3 Å². The molecule has 3 aromatic rings. The predicted octanol–water partition coefficient (Wildman–Crippen LogP) is 5.13. The normalized spacial score (nSPS) is 12.8. The van der Waals surface area contributed by atoms with Gasteiger partial charge in [-0.1, -0.05) is 0 Å². The number of nitrogens with zero attached hydrogens (tertiary/aromatic N) is 3. The van der Waals surface area contributed by atoms with Crippen molar-refractivity contribution in [2.75, 3.05) is 14.2 Å². The van der Waals surface area contributed by atoms with Crippen molar-refractivity contribution in [2.24, 2.45) is 0 Å². The van der Waals surface area contributed by atoms with Crippen LogP contribution in [-0.4, -0.2) is 40.3 Å². The quantitative estimate of drug-likeness (QED) is 0.526. The molecular weight excluding hydrogens is 454 g/mol. The van der Waals surface area contributed by atoms with Crippen LogP contribution in [0, 0.1) is 0 Å². The molecule has 1 aliphatic heterocycles. The molecule has 4 rings (SSSR count). The topological polar surface area (TPSA) is 56.6 Å². The van der Waals surface area contributed by atoms with Gasteiger partial charge in [0.15, 0.2) is 5.69 Å². The number of carbonyl (C=O) groups excluding carboxylic acids is 1. The van der Waals surface area contributed by atoms with Crippen molar-refractivity contribution >= 4 is 33.2 Å². The van der Waals surface area contributed by atoms with E-state index in [0.717, 1.165) is 27.0 Å². The number of aromatic nitrogens is 2. The van der Waals surface area contributed by atoms with Crippen LogP contribution in [0.15, 0.2) is 33.4 Å². The third kappa shape index (κ3) is 3.34. The van der Waals surface area contributed by atoms with Crippen LogP contribution in [0.1, 0.15) is 36.8 Å². The first-order valence-corrected chi connectivity index (χ1v) is 10.9. The minimum Gasteiger partial charge on any atom is -0.495 e. The number of amides is 1. The summed E-state index contributed by atoms with van der Waals surface area (Å²) < 4.78 is 14.1. The van der Waals surface area contributed by atoms with Crippen LogP contribution in [0.3, 0.4) is 0 Å². The van der Waals surface area contributed by atoms with Crippen LogP contribution in [0.2, 0.25) is 0 Å². The van der Waals surface area contributed by atoms with E-state index in [1.165, 1.54) is 0 Å². The Hall–Kier alpha value is -2.32. The third-order valence-electron chi connectivity index (χ3n) is 5.13. The predicted molar refractivity (Wildman–Crippen MR) is 117 cm³/mol. The summed E-state index contributed by atoms with van der Waals surface area (Å²) in [7, 11) is 3.42. The van der Waals surface area contributed by atoms with Crippen LogP contribution in [0.4, 0.5) is 0 Å². The molecule has 1 amide bonds. The number of methoxy groups -OCH3 is 1. The first-order chi connectivity index (χ1) is 13.7. The number of thiophene rings is 1. The summed E-state index contributed by atoms with van der Waals surface area (Å²) in [4.78, 5) is 15.0. The lowest BCUT2D eigenvalue weighted by Crippen LogP contribution is -2.43. The van der Waals surface area contributed by atoms with E-state index in [9.17, 15) is 4.79 Å². The first kappa shape index (κ1) is 20.0. The maximum absolute atomic E-state index is 13.3. The molecule has 0 unspecified atom stereocenters. The fourth-order valence-corrected chi connectivity index (χ4v) is 4.33. The molecule has 1 aromatic carbocycles. The molecule has 0 N–H and O–H groups in total. The van der Waals surface area contributed by atoms with Crippen molar-refractivity contribution < 1.29 is 14.3 Å². The van der Waals surface area contributed by atoms with E-state index in [-0.39, 0.29) is 18.1 Å². The van der Waals surface area contributed by atoms with E-state index >= 15 is 0 Å². The van der Waals surface area contributed by atoms with Gasteiger partial charge in [0.1, 0.15) is 18.1 Å². The Morgan fingerprint density at radius 1 is 1.38 bits per heavy atom. The molecule has 2 aromatic heterocycles. The average Bonchev–Trinajstić information content (AvgIpc) is 3.33. The number of rotatable bonds is 3. The number of fused-ring (bicyclic) bond motifs is 3. The molecule has 0 radical (unpaired) electrons. The Balaban J connectivity index is 1.95. The zero-order chi connectivity index (χ0) is 20.9. The van der Waals surface area contributed by atoms with E-state index in [1.54, 1.807) is 30.4 Å². The maximum Gasteiger partial charge on any atom is 0.274 e. The lowest BCUT2D eigenvalue weighted by molar-refractivity contribution is 0.0646. The Morgan fingerprint density at radius 3 is 2.76 bits per heavy atom. The standard InChI is InChI=1S/C21H22BrN3O3S/c1-21(2,3)24(4)20(26)18-14-10-28-16-9-17(27-5)15(22)8-13(16)19(14)25(23-18)12-6-7-29-11-12/h6-9,11H,10H2,1-5H3. The van der Waals surface area contributed by atoms with Gasteiger partial charge in [0, 0.05) is 35.2 Å². The zero-order valence-corrected chi connectivity index (χ0v) is 19.3. The second-order valence-electron chi connectivity index (χ2n) is 7.88. The minimum atomic E-state index is -0.319. The van der Waals surface area contributed by atoms with Crippen LogP contribution in [0.5, 0.6) is 11.5 Å². The number of hydrogen-bond donors (Lipinski definition) is 0. The molecule has 29 heavy (non-hydrogen) atoms. The Morgan fingerprint density at radius 2 is 2.14 bits per heavy atom. The SMILES string of the molecule is COc1cc2c(cc1Br)-c1c(c(C(=O)N(C)C(C)(C)C)nn1-c1ccsc1)CO2. The van der Waals surface area contributed by atoms with Crippen LogP contribution in [0.25, 0.3) is 16.9 Å². The van der Waals surface area contributed by atoms with Gasteiger partial charge in [0.2, 0.25) is 0 Å². The molecule has 0 fully saturated rings. The highest BCUT2D eigenvalue weighted by Crippen LogP contribution is 2.45. The van der Waals surface area contributed by atoms with E-state index < -0.39 is 0 Å². The van der Waals surface area contributed by atoms with Crippen LogP contribution in [-0.2, 0) is 6.61 Å². The van der Waals surface area contributed by atoms with Crippen molar-refractivity contribution in [3.05, 3.63) is 44.7 Å². The molecule has 3 heterocycles. The van der Waals surface area contributed by atoms with Crippen molar-refractivity contribution in [3.63, 3.8) is 0 Å². The second-order valence-corrected chi connectivity index (χ2v) is 9.51. The molecule has 0 bridgehead atoms. The van der Waals surface area contributed by atoms with E-state index in [4.69, 9.17) is 14.6 Å². The lowest BCUT2D eigenvalue weighted by atomic mass is 10.0. The van der Waals surface area contributed by atoms with Gasteiger partial charge in [-0.05, 0) is 54.2 Å². The summed E-state index contributed by atoms with van der Waals surface area (Å²) in [6.45, 7) is 6.28. The molecule has 0 saturated carbocycles. The molecule has 0 atom stereocenters. The zero-order valence-electron chi connectivity index (χ0n) is 16.9. The largest absolute Gasteiger partial charge is 0.495 e. The number of hydrogen-bond acceptors (Lipinski definition) is 5. The highest BCUT2D eigenvalue weighted by atomic mass is 79.9. The van der Waals surface area contributed by atoms with E-state index in [1.807, 2.05) is 54.4 Å². The minimum absolute atomic E-state index is 0.123. The van der Waals surface area contributed by atoms with E-state index in [2.05, 4.69) is 15.9 Å². The molecule has 8 heteroatoms. The van der Waals surface area contributed by atoms with Gasteiger partial charge in [-0.3, -0.25) is 4.79 Å². The highest BCUT2D eigenvalue weighted by molar-refractivity contribution is 9.10. The van der Waals surface area contributed by atoms with E-state index in [0.29, 0.717) is 17.2 Å². The van der Waals surface area contributed by atoms with Crippen molar-refractivity contribution in [1.29, 1.82) is 0 Å². The molecular formula is C21H22BrN3O3S. The summed E-state index contributed by atoms with van der Waals surface area (Å²) in [5, 5.41) is 8.76. The first-order valence-electron chi connectivity index (χ1n) is 9.15. The van der Waals surface area contributed by atoms with Gasteiger partial charge in [-0.2, -0.15) is 16.4 Å². The molecule has 152 valence electrons. The van der Waals surface area contributed by atoms with Gasteiger partial charge in [-0.15, -0.1) is 0 Å². The average molecular weight is 476 g/mol. The van der Waals surface area contributed by atoms with Crippen molar-refractivity contribution in [3.8, 4) is 28.4 Å². The maximum atomic E-state index is 13.3. The summed E-state index contributed by atoms with van der Waals surface area (Å²) >= 11 is 5.15. The van der Waals surface area contributed by atoms with Gasteiger partial charge in [0.25, 0.3) is 5.91 Å². The molecule has 0 spiro atoms. The summed E-state index contributed by atoms with van der Waals surface area (Å²) in [6, 6.07) is 5.81. The molecule has 0 aliphatic carbocycles. The molecule has 0 saturated heterocycles.